The van der Waals surface area contributed by atoms with Crippen LogP contribution in [0.4, 0.5) is 0 Å². The zero-order chi connectivity index (χ0) is 23.6. The highest BCUT2D eigenvalue weighted by molar-refractivity contribution is 5.69. The molecule has 0 saturated carbocycles. The zero-order valence-electron chi connectivity index (χ0n) is 18.6. The van der Waals surface area contributed by atoms with Crippen LogP contribution in [0.1, 0.15) is 77.6 Å². The number of hydrogen-bond acceptors (Lipinski definition) is 3. The highest BCUT2D eigenvalue weighted by Crippen LogP contribution is 1.99. The largest absolute Gasteiger partial charge is 0.481 e. The SMILES string of the molecule is CC/C=C\C/C=C\C/C=C\C/C=C\C/C=C\CCCC(=O)O.O=C(O)CCCC(=O)O. The van der Waals surface area contributed by atoms with Crippen LogP contribution in [0.5, 0.6) is 0 Å². The average Bonchev–Trinajstić information content (AvgIpc) is 2.70. The third-order valence-electron chi connectivity index (χ3n) is 3.70. The third-order valence-corrected chi connectivity index (χ3v) is 3.70. The van der Waals surface area contributed by atoms with E-state index in [1.165, 1.54) is 0 Å². The molecule has 0 aliphatic heterocycles. The maximum absolute atomic E-state index is 10.3. The summed E-state index contributed by atoms with van der Waals surface area (Å²) in [7, 11) is 0. The number of unbranched alkanes of at least 4 members (excludes halogenated alkanes) is 1. The Balaban J connectivity index is 0. The normalized spacial score (nSPS) is 11.6. The van der Waals surface area contributed by atoms with Gasteiger partial charge in [0.1, 0.15) is 0 Å². The van der Waals surface area contributed by atoms with Gasteiger partial charge in [-0.25, -0.2) is 0 Å². The molecule has 31 heavy (non-hydrogen) atoms. The van der Waals surface area contributed by atoms with Crippen LogP contribution in [0.15, 0.2) is 60.8 Å². The Morgan fingerprint density at radius 3 is 1.19 bits per heavy atom. The number of carboxylic acids is 3. The lowest BCUT2D eigenvalue weighted by atomic mass is 10.2. The van der Waals surface area contributed by atoms with Crippen LogP contribution in [0.25, 0.3) is 0 Å². The van der Waals surface area contributed by atoms with E-state index in [4.69, 9.17) is 15.3 Å². The average molecular weight is 435 g/mol. The quantitative estimate of drug-likeness (QED) is 0.182. The Morgan fingerprint density at radius 2 is 0.839 bits per heavy atom. The Labute approximate surface area is 186 Å². The molecule has 0 saturated heterocycles. The van der Waals surface area contributed by atoms with Gasteiger partial charge in [-0.05, 0) is 51.4 Å². The second kappa shape index (κ2) is 25.1. The summed E-state index contributed by atoms with van der Waals surface area (Å²) in [4.78, 5) is 29.9. The summed E-state index contributed by atoms with van der Waals surface area (Å²) >= 11 is 0. The first kappa shape index (κ1) is 30.3. The minimum absolute atomic E-state index is 0.0632. The van der Waals surface area contributed by atoms with Crippen LogP contribution in [-0.4, -0.2) is 33.2 Å². The topological polar surface area (TPSA) is 112 Å². The number of rotatable bonds is 17. The standard InChI is InChI=1S/C20H30O2.C5H8O4/c1-2-3-4-5-6-7-8-9-10-11-12-13-14-15-16-17-18-19-20(21)22;6-4(7)2-1-3-5(8)9/h3-4,6-7,9-10,12-13,15-16H,2,5,8,11,14,17-19H2,1H3,(H,21,22);1-3H2,(H,6,7)(H,8,9)/b4-3-,7-6-,10-9-,13-12-,16-15-;. The van der Waals surface area contributed by atoms with E-state index in [0.717, 1.165) is 44.9 Å². The number of aliphatic carboxylic acids is 3. The van der Waals surface area contributed by atoms with Crippen molar-refractivity contribution in [2.75, 3.05) is 0 Å². The molecule has 0 aromatic rings. The Hall–Kier alpha value is -2.89. The highest BCUT2D eigenvalue weighted by atomic mass is 16.4. The predicted molar refractivity (Wildman–Crippen MR) is 125 cm³/mol. The number of carboxylic acid groups (broad SMARTS) is 3. The van der Waals surface area contributed by atoms with Gasteiger partial charge >= 0.3 is 17.9 Å². The van der Waals surface area contributed by atoms with Crippen molar-refractivity contribution < 1.29 is 29.7 Å². The van der Waals surface area contributed by atoms with Crippen LogP contribution in [0.2, 0.25) is 0 Å². The van der Waals surface area contributed by atoms with Crippen molar-refractivity contribution in [2.45, 2.75) is 77.6 Å². The van der Waals surface area contributed by atoms with Crippen LogP contribution in [0.3, 0.4) is 0 Å². The summed E-state index contributed by atoms with van der Waals surface area (Å²) in [6.07, 6.45) is 28.5. The summed E-state index contributed by atoms with van der Waals surface area (Å²) in [6.45, 7) is 2.14. The first-order valence-electron chi connectivity index (χ1n) is 10.8. The van der Waals surface area contributed by atoms with Crippen molar-refractivity contribution in [3.05, 3.63) is 60.8 Å². The van der Waals surface area contributed by atoms with Crippen LogP contribution in [0, 0.1) is 0 Å². The van der Waals surface area contributed by atoms with E-state index in [-0.39, 0.29) is 25.7 Å². The summed E-state index contributed by atoms with van der Waals surface area (Å²) in [5.74, 6) is -2.61. The molecular weight excluding hydrogens is 396 g/mol. The van der Waals surface area contributed by atoms with Crippen molar-refractivity contribution in [2.24, 2.45) is 0 Å². The summed E-state index contributed by atoms with van der Waals surface area (Å²) in [6, 6.07) is 0. The van der Waals surface area contributed by atoms with Crippen molar-refractivity contribution in [3.63, 3.8) is 0 Å². The van der Waals surface area contributed by atoms with Crippen molar-refractivity contribution in [1.82, 2.24) is 0 Å². The molecule has 0 aromatic heterocycles. The number of hydrogen-bond donors (Lipinski definition) is 3. The van der Waals surface area contributed by atoms with Crippen molar-refractivity contribution in [1.29, 1.82) is 0 Å². The minimum Gasteiger partial charge on any atom is -0.481 e. The van der Waals surface area contributed by atoms with Gasteiger partial charge in [-0.2, -0.15) is 0 Å². The van der Waals surface area contributed by atoms with Gasteiger partial charge in [0.15, 0.2) is 0 Å². The smallest absolute Gasteiger partial charge is 0.303 e. The van der Waals surface area contributed by atoms with Crippen LogP contribution in [-0.2, 0) is 14.4 Å². The number of carbonyl (C=O) groups is 3. The van der Waals surface area contributed by atoms with Gasteiger partial charge in [-0.15, -0.1) is 0 Å². The van der Waals surface area contributed by atoms with Gasteiger partial charge in [-0.1, -0.05) is 67.7 Å². The molecule has 0 aliphatic rings. The second-order valence-corrected chi connectivity index (χ2v) is 6.64. The van der Waals surface area contributed by atoms with Gasteiger partial charge < -0.3 is 15.3 Å². The van der Waals surface area contributed by atoms with Crippen molar-refractivity contribution in [3.8, 4) is 0 Å². The fourth-order valence-electron chi connectivity index (χ4n) is 2.13. The predicted octanol–water partition coefficient (Wildman–Crippen LogP) is 6.32. The molecule has 0 unspecified atom stereocenters. The molecule has 6 heteroatoms. The van der Waals surface area contributed by atoms with Crippen molar-refractivity contribution >= 4 is 17.9 Å². The summed E-state index contributed by atoms with van der Waals surface area (Å²) in [5, 5.41) is 24.6. The lowest BCUT2D eigenvalue weighted by molar-refractivity contribution is -0.139. The van der Waals surface area contributed by atoms with E-state index in [1.54, 1.807) is 0 Å². The molecule has 0 aromatic carbocycles. The molecule has 0 rings (SSSR count). The monoisotopic (exact) mass is 434 g/mol. The molecule has 3 N–H and O–H groups in total. The molecular formula is C25H38O6. The Kier molecular flexibility index (Phi) is 24.6. The Bertz CT molecular complexity index is 598. The second-order valence-electron chi connectivity index (χ2n) is 6.64. The molecule has 174 valence electrons. The molecule has 0 amide bonds. The maximum atomic E-state index is 10.3. The molecule has 0 fully saturated rings. The fourth-order valence-corrected chi connectivity index (χ4v) is 2.13. The Morgan fingerprint density at radius 1 is 0.516 bits per heavy atom. The molecule has 0 atom stereocenters. The molecule has 6 nitrogen and oxygen atoms in total. The third kappa shape index (κ3) is 35.0. The lowest BCUT2D eigenvalue weighted by Crippen LogP contribution is -1.98. The van der Waals surface area contributed by atoms with E-state index in [1.807, 2.05) is 0 Å². The first-order valence-corrected chi connectivity index (χ1v) is 10.8. The van der Waals surface area contributed by atoms with Gasteiger partial charge in [0.25, 0.3) is 0 Å². The zero-order valence-corrected chi connectivity index (χ0v) is 18.6. The first-order chi connectivity index (χ1) is 14.9. The summed E-state index contributed by atoms with van der Waals surface area (Å²) < 4.78 is 0. The molecule has 0 radical (unpaired) electrons. The lowest BCUT2D eigenvalue weighted by Gasteiger charge is -1.89. The van der Waals surface area contributed by atoms with E-state index in [2.05, 4.69) is 67.7 Å². The van der Waals surface area contributed by atoms with E-state index in [9.17, 15) is 14.4 Å². The van der Waals surface area contributed by atoms with Crippen LogP contribution >= 0.6 is 0 Å². The maximum Gasteiger partial charge on any atom is 0.303 e. The van der Waals surface area contributed by atoms with Gasteiger partial charge in [0, 0.05) is 19.3 Å². The van der Waals surface area contributed by atoms with E-state index in [0.29, 0.717) is 0 Å². The summed E-state index contributed by atoms with van der Waals surface area (Å²) in [5.41, 5.74) is 0. The minimum atomic E-state index is -0.948. The van der Waals surface area contributed by atoms with Gasteiger partial charge in [0.05, 0.1) is 0 Å². The number of allylic oxidation sites excluding steroid dienone is 10. The molecule has 0 spiro atoms. The van der Waals surface area contributed by atoms with E-state index >= 15 is 0 Å². The molecule has 0 heterocycles. The molecule has 0 bridgehead atoms. The van der Waals surface area contributed by atoms with Crippen LogP contribution < -0.4 is 0 Å². The van der Waals surface area contributed by atoms with E-state index < -0.39 is 17.9 Å². The highest BCUT2D eigenvalue weighted by Gasteiger charge is 1.99. The van der Waals surface area contributed by atoms with Gasteiger partial charge in [0.2, 0.25) is 0 Å². The van der Waals surface area contributed by atoms with Gasteiger partial charge in [-0.3, -0.25) is 14.4 Å². The molecule has 0 aliphatic carbocycles. The fraction of sp³-hybridized carbons (Fsp3) is 0.480.